The van der Waals surface area contributed by atoms with Gasteiger partial charge in [0.05, 0.1) is 0 Å². The second-order valence-electron chi connectivity index (χ2n) is 4.82. The molecule has 88 valence electrons. The van der Waals surface area contributed by atoms with E-state index >= 15 is 0 Å². The van der Waals surface area contributed by atoms with Crippen LogP contribution in [-0.2, 0) is 6.42 Å². The van der Waals surface area contributed by atoms with Crippen molar-refractivity contribution in [2.75, 3.05) is 0 Å². The van der Waals surface area contributed by atoms with Crippen molar-refractivity contribution in [3.8, 4) is 16.9 Å². The second-order valence-corrected chi connectivity index (χ2v) is 4.82. The molecule has 17 heavy (non-hydrogen) atoms. The molecule has 0 saturated carbocycles. The summed E-state index contributed by atoms with van der Waals surface area (Å²) in [5.41, 5.74) is 3.26. The lowest BCUT2D eigenvalue weighted by Gasteiger charge is -2.09. The summed E-state index contributed by atoms with van der Waals surface area (Å²) in [6, 6.07) is 15.9. The molecule has 0 aliphatic carbocycles. The van der Waals surface area contributed by atoms with Crippen LogP contribution in [0.2, 0.25) is 0 Å². The first-order valence-electron chi connectivity index (χ1n) is 6.04. The van der Waals surface area contributed by atoms with Crippen LogP contribution in [0.3, 0.4) is 0 Å². The van der Waals surface area contributed by atoms with Crippen LogP contribution in [0, 0.1) is 5.92 Å². The Morgan fingerprint density at radius 1 is 1.00 bits per heavy atom. The fourth-order valence-electron chi connectivity index (χ4n) is 2.03. The second kappa shape index (κ2) is 5.05. The average molecular weight is 226 g/mol. The SMILES string of the molecule is CC(C)Cc1ccc(O)c(-c2ccccc2)c1. The van der Waals surface area contributed by atoms with E-state index in [1.54, 1.807) is 6.07 Å². The van der Waals surface area contributed by atoms with Gasteiger partial charge in [-0.05, 0) is 35.6 Å². The van der Waals surface area contributed by atoms with Crippen LogP contribution in [0.5, 0.6) is 5.75 Å². The molecule has 0 aliphatic heterocycles. The predicted octanol–water partition coefficient (Wildman–Crippen LogP) is 4.26. The van der Waals surface area contributed by atoms with Gasteiger partial charge in [0.2, 0.25) is 0 Å². The van der Waals surface area contributed by atoms with E-state index in [0.717, 1.165) is 17.5 Å². The highest BCUT2D eigenvalue weighted by Gasteiger charge is 2.06. The lowest BCUT2D eigenvalue weighted by atomic mass is 9.97. The molecule has 0 amide bonds. The molecule has 1 nitrogen and oxygen atoms in total. The summed E-state index contributed by atoms with van der Waals surface area (Å²) < 4.78 is 0. The summed E-state index contributed by atoms with van der Waals surface area (Å²) in [6.07, 6.45) is 1.04. The summed E-state index contributed by atoms with van der Waals surface area (Å²) in [5, 5.41) is 9.92. The van der Waals surface area contributed by atoms with Crippen LogP contribution in [0.15, 0.2) is 48.5 Å². The molecule has 0 aliphatic rings. The molecular formula is C16H18O. The highest BCUT2D eigenvalue weighted by molar-refractivity contribution is 5.70. The van der Waals surface area contributed by atoms with Gasteiger partial charge in [0.1, 0.15) is 5.75 Å². The van der Waals surface area contributed by atoms with Crippen molar-refractivity contribution < 1.29 is 5.11 Å². The minimum atomic E-state index is 0.351. The zero-order valence-corrected chi connectivity index (χ0v) is 10.4. The van der Waals surface area contributed by atoms with Gasteiger partial charge in [0.15, 0.2) is 0 Å². The highest BCUT2D eigenvalue weighted by atomic mass is 16.3. The lowest BCUT2D eigenvalue weighted by molar-refractivity contribution is 0.477. The maximum absolute atomic E-state index is 9.92. The van der Waals surface area contributed by atoms with E-state index in [2.05, 4.69) is 19.9 Å². The number of phenols is 1. The summed E-state index contributed by atoms with van der Waals surface area (Å²) in [7, 11) is 0. The number of hydrogen-bond acceptors (Lipinski definition) is 1. The summed E-state index contributed by atoms with van der Waals surface area (Å²) >= 11 is 0. The molecule has 0 fully saturated rings. The van der Waals surface area contributed by atoms with Crippen LogP contribution >= 0.6 is 0 Å². The lowest BCUT2D eigenvalue weighted by Crippen LogP contribution is -1.94. The normalized spacial score (nSPS) is 10.8. The topological polar surface area (TPSA) is 20.2 Å². The first-order chi connectivity index (χ1) is 8.16. The first-order valence-corrected chi connectivity index (χ1v) is 6.04. The number of rotatable bonds is 3. The number of phenolic OH excluding ortho intramolecular Hbond substituents is 1. The zero-order valence-electron chi connectivity index (χ0n) is 10.4. The molecule has 0 unspecified atom stereocenters. The Hall–Kier alpha value is -1.76. The van der Waals surface area contributed by atoms with Crippen molar-refractivity contribution in [1.29, 1.82) is 0 Å². The van der Waals surface area contributed by atoms with Crippen LogP contribution in [0.1, 0.15) is 19.4 Å². The first kappa shape index (κ1) is 11.7. The van der Waals surface area contributed by atoms with Gasteiger partial charge < -0.3 is 5.11 Å². The summed E-state index contributed by atoms with van der Waals surface area (Å²) in [6.45, 7) is 4.41. The molecule has 1 heteroatoms. The van der Waals surface area contributed by atoms with Crippen molar-refractivity contribution in [2.45, 2.75) is 20.3 Å². The van der Waals surface area contributed by atoms with E-state index in [9.17, 15) is 5.11 Å². The van der Waals surface area contributed by atoms with Crippen LogP contribution in [0.4, 0.5) is 0 Å². The predicted molar refractivity (Wildman–Crippen MR) is 72.1 cm³/mol. The van der Waals surface area contributed by atoms with Gasteiger partial charge in [-0.15, -0.1) is 0 Å². The molecule has 1 N–H and O–H groups in total. The smallest absolute Gasteiger partial charge is 0.123 e. The Bertz CT molecular complexity index is 486. The number of hydrogen-bond donors (Lipinski definition) is 1. The molecule has 0 bridgehead atoms. The van der Waals surface area contributed by atoms with Gasteiger partial charge in [-0.3, -0.25) is 0 Å². The van der Waals surface area contributed by atoms with Gasteiger partial charge in [-0.2, -0.15) is 0 Å². The van der Waals surface area contributed by atoms with Crippen LogP contribution in [0.25, 0.3) is 11.1 Å². The molecule has 0 radical (unpaired) electrons. The Kier molecular flexibility index (Phi) is 3.48. The van der Waals surface area contributed by atoms with E-state index in [1.807, 2.05) is 36.4 Å². The van der Waals surface area contributed by atoms with E-state index in [-0.39, 0.29) is 0 Å². The Morgan fingerprint density at radius 3 is 2.35 bits per heavy atom. The van der Waals surface area contributed by atoms with Crippen LogP contribution in [-0.4, -0.2) is 5.11 Å². The third-order valence-corrected chi connectivity index (χ3v) is 2.79. The molecule has 0 atom stereocenters. The van der Waals surface area contributed by atoms with Gasteiger partial charge >= 0.3 is 0 Å². The standard InChI is InChI=1S/C16H18O/c1-12(2)10-13-8-9-16(17)15(11-13)14-6-4-3-5-7-14/h3-9,11-12,17H,10H2,1-2H3. The molecule has 2 rings (SSSR count). The monoisotopic (exact) mass is 226 g/mol. The summed E-state index contributed by atoms with van der Waals surface area (Å²) in [5.74, 6) is 0.979. The van der Waals surface area contributed by atoms with Crippen molar-refractivity contribution in [3.05, 3.63) is 54.1 Å². The maximum atomic E-state index is 9.92. The van der Waals surface area contributed by atoms with Gasteiger partial charge in [0.25, 0.3) is 0 Å². The minimum absolute atomic E-state index is 0.351. The molecule has 0 spiro atoms. The van der Waals surface area contributed by atoms with E-state index in [0.29, 0.717) is 11.7 Å². The van der Waals surface area contributed by atoms with Crippen molar-refractivity contribution in [2.24, 2.45) is 5.92 Å². The molecule has 2 aromatic rings. The molecular weight excluding hydrogens is 208 g/mol. The van der Waals surface area contributed by atoms with E-state index in [4.69, 9.17) is 0 Å². The maximum Gasteiger partial charge on any atom is 0.123 e. The van der Waals surface area contributed by atoms with E-state index in [1.165, 1.54) is 5.56 Å². The zero-order chi connectivity index (χ0) is 12.3. The highest BCUT2D eigenvalue weighted by Crippen LogP contribution is 2.30. The number of benzene rings is 2. The molecule has 0 saturated heterocycles. The van der Waals surface area contributed by atoms with Gasteiger partial charge in [0, 0.05) is 5.56 Å². The van der Waals surface area contributed by atoms with Crippen molar-refractivity contribution in [1.82, 2.24) is 0 Å². The van der Waals surface area contributed by atoms with Gasteiger partial charge in [-0.1, -0.05) is 50.2 Å². The average Bonchev–Trinajstić information content (AvgIpc) is 2.32. The van der Waals surface area contributed by atoms with Crippen molar-refractivity contribution in [3.63, 3.8) is 0 Å². The largest absolute Gasteiger partial charge is 0.507 e. The Balaban J connectivity index is 2.40. The Morgan fingerprint density at radius 2 is 1.71 bits per heavy atom. The Labute approximate surface area is 103 Å². The minimum Gasteiger partial charge on any atom is -0.507 e. The van der Waals surface area contributed by atoms with Gasteiger partial charge in [-0.25, -0.2) is 0 Å². The van der Waals surface area contributed by atoms with Crippen LogP contribution < -0.4 is 0 Å². The molecule has 0 heterocycles. The fraction of sp³-hybridized carbons (Fsp3) is 0.250. The number of aromatic hydroxyl groups is 1. The van der Waals surface area contributed by atoms with Crippen molar-refractivity contribution >= 4 is 0 Å². The molecule has 2 aromatic carbocycles. The third-order valence-electron chi connectivity index (χ3n) is 2.79. The summed E-state index contributed by atoms with van der Waals surface area (Å²) in [4.78, 5) is 0. The molecule has 0 aromatic heterocycles. The third kappa shape index (κ3) is 2.88. The quantitative estimate of drug-likeness (QED) is 0.829. The fourth-order valence-corrected chi connectivity index (χ4v) is 2.03. The van der Waals surface area contributed by atoms with E-state index < -0.39 is 0 Å².